The van der Waals surface area contributed by atoms with Crippen LogP contribution in [0.2, 0.25) is 5.02 Å². The number of halogens is 1. The summed E-state index contributed by atoms with van der Waals surface area (Å²) in [5.41, 5.74) is 8.02. The molecule has 0 atom stereocenters. The molecule has 4 aromatic rings. The molecule has 1 aliphatic carbocycles. The van der Waals surface area contributed by atoms with Crippen LogP contribution in [-0.4, -0.2) is 4.98 Å². The van der Waals surface area contributed by atoms with Crippen LogP contribution >= 0.6 is 11.6 Å². The number of nitrogens with one attached hydrogen (secondary N) is 1. The van der Waals surface area contributed by atoms with Gasteiger partial charge >= 0.3 is 0 Å². The van der Waals surface area contributed by atoms with Crippen molar-refractivity contribution in [1.82, 2.24) is 4.98 Å². The van der Waals surface area contributed by atoms with Crippen molar-refractivity contribution < 1.29 is 0 Å². The van der Waals surface area contributed by atoms with E-state index < -0.39 is 0 Å². The minimum atomic E-state index is -0.0726. The third-order valence-electron chi connectivity index (χ3n) is 5.43. The molecule has 1 aromatic heterocycles. The first-order valence-electron chi connectivity index (χ1n) is 9.41. The van der Waals surface area contributed by atoms with E-state index in [-0.39, 0.29) is 5.56 Å². The van der Waals surface area contributed by atoms with Crippen molar-refractivity contribution >= 4 is 11.6 Å². The van der Waals surface area contributed by atoms with Crippen LogP contribution in [0.1, 0.15) is 11.1 Å². The van der Waals surface area contributed by atoms with Crippen molar-refractivity contribution in [2.75, 3.05) is 0 Å². The summed E-state index contributed by atoms with van der Waals surface area (Å²) < 4.78 is 0. The minimum absolute atomic E-state index is 0.0726. The Bertz CT molecular complexity index is 1240. The van der Waals surface area contributed by atoms with Gasteiger partial charge in [-0.05, 0) is 47.2 Å². The van der Waals surface area contributed by atoms with Crippen LogP contribution in [0.3, 0.4) is 0 Å². The Labute approximate surface area is 168 Å². The largest absolute Gasteiger partial charge is 0.321 e. The number of hydrogen-bond acceptors (Lipinski definition) is 1. The molecule has 0 fully saturated rings. The predicted molar refractivity (Wildman–Crippen MR) is 116 cm³/mol. The van der Waals surface area contributed by atoms with Gasteiger partial charge < -0.3 is 4.98 Å². The van der Waals surface area contributed by atoms with Crippen molar-refractivity contribution in [2.45, 2.75) is 12.8 Å². The molecule has 0 saturated carbocycles. The minimum Gasteiger partial charge on any atom is -0.321 e. The summed E-state index contributed by atoms with van der Waals surface area (Å²) in [4.78, 5) is 16.5. The van der Waals surface area contributed by atoms with Gasteiger partial charge in [0.05, 0.1) is 11.3 Å². The van der Waals surface area contributed by atoms with E-state index >= 15 is 0 Å². The molecule has 0 unspecified atom stereocenters. The van der Waals surface area contributed by atoms with Crippen molar-refractivity contribution in [3.8, 4) is 33.5 Å². The normalized spacial score (nSPS) is 12.3. The average molecular weight is 384 g/mol. The van der Waals surface area contributed by atoms with Crippen LogP contribution in [0.5, 0.6) is 0 Å². The maximum atomic E-state index is 13.3. The summed E-state index contributed by atoms with van der Waals surface area (Å²) in [7, 11) is 0. The summed E-state index contributed by atoms with van der Waals surface area (Å²) in [5, 5.41) is 0.668. The Morgan fingerprint density at radius 2 is 1.50 bits per heavy atom. The summed E-state index contributed by atoms with van der Waals surface area (Å²) in [6.07, 6.45) is 1.84. The molecule has 2 nitrogen and oxygen atoms in total. The third kappa shape index (κ3) is 2.78. The van der Waals surface area contributed by atoms with E-state index in [9.17, 15) is 4.79 Å². The number of pyridine rings is 1. The molecule has 0 saturated heterocycles. The molecular weight excluding hydrogens is 366 g/mol. The lowest BCUT2D eigenvalue weighted by Crippen LogP contribution is -2.18. The van der Waals surface area contributed by atoms with Gasteiger partial charge in [0, 0.05) is 16.1 Å². The molecule has 0 aliphatic heterocycles. The summed E-state index contributed by atoms with van der Waals surface area (Å²) in [6.45, 7) is 0. The van der Waals surface area contributed by atoms with Gasteiger partial charge in [0.15, 0.2) is 0 Å². The van der Waals surface area contributed by atoms with E-state index in [2.05, 4.69) is 23.2 Å². The SMILES string of the molecule is O=c1[nH]c2c(c(-c3cccc(Cl)c3)c1-c1ccccc1)CCc1ccccc1-2. The molecule has 3 aromatic carbocycles. The number of aromatic nitrogens is 1. The fraction of sp³-hybridized carbons (Fsp3) is 0.0800. The Kier molecular flexibility index (Phi) is 4.14. The number of hydrogen-bond donors (Lipinski definition) is 1. The molecular formula is C25H18ClNO. The first-order valence-corrected chi connectivity index (χ1v) is 9.79. The molecule has 1 aliphatic rings. The van der Waals surface area contributed by atoms with Gasteiger partial charge in [-0.2, -0.15) is 0 Å². The second kappa shape index (κ2) is 6.81. The van der Waals surface area contributed by atoms with Crippen LogP contribution in [0.25, 0.3) is 33.5 Å². The third-order valence-corrected chi connectivity index (χ3v) is 5.66. The Balaban J connectivity index is 1.89. The summed E-state index contributed by atoms with van der Waals surface area (Å²) in [5.74, 6) is 0. The van der Waals surface area contributed by atoms with E-state index in [0.29, 0.717) is 10.6 Å². The van der Waals surface area contributed by atoms with Gasteiger partial charge in [0.1, 0.15) is 0 Å². The van der Waals surface area contributed by atoms with Crippen molar-refractivity contribution in [2.24, 2.45) is 0 Å². The monoisotopic (exact) mass is 383 g/mol. The van der Waals surface area contributed by atoms with E-state index in [1.807, 2.05) is 60.7 Å². The van der Waals surface area contributed by atoms with Crippen molar-refractivity contribution in [1.29, 1.82) is 0 Å². The lowest BCUT2D eigenvalue weighted by molar-refractivity contribution is 0.926. The molecule has 0 radical (unpaired) electrons. The first-order chi connectivity index (χ1) is 13.7. The van der Waals surface area contributed by atoms with Gasteiger partial charge in [0.2, 0.25) is 0 Å². The summed E-state index contributed by atoms with van der Waals surface area (Å²) in [6, 6.07) is 26.0. The van der Waals surface area contributed by atoms with Crippen LogP contribution in [0.4, 0.5) is 0 Å². The van der Waals surface area contributed by atoms with Gasteiger partial charge in [-0.3, -0.25) is 4.79 Å². The van der Waals surface area contributed by atoms with E-state index in [4.69, 9.17) is 11.6 Å². The lowest BCUT2D eigenvalue weighted by Gasteiger charge is -2.24. The molecule has 1 N–H and O–H groups in total. The second-order valence-electron chi connectivity index (χ2n) is 7.09. The molecule has 0 amide bonds. The van der Waals surface area contributed by atoms with Crippen LogP contribution in [-0.2, 0) is 12.8 Å². The highest BCUT2D eigenvalue weighted by Crippen LogP contribution is 2.41. The predicted octanol–water partition coefficient (Wildman–Crippen LogP) is 6.13. The van der Waals surface area contributed by atoms with Crippen LogP contribution < -0.4 is 5.56 Å². The van der Waals surface area contributed by atoms with E-state index in [0.717, 1.165) is 40.8 Å². The molecule has 1 heterocycles. The van der Waals surface area contributed by atoms with Gasteiger partial charge in [-0.15, -0.1) is 0 Å². The van der Waals surface area contributed by atoms with Gasteiger partial charge in [-0.25, -0.2) is 0 Å². The smallest absolute Gasteiger partial charge is 0.256 e. The van der Waals surface area contributed by atoms with E-state index in [1.165, 1.54) is 11.1 Å². The fourth-order valence-electron chi connectivity index (χ4n) is 4.21. The molecule has 0 bridgehead atoms. The van der Waals surface area contributed by atoms with Gasteiger partial charge in [0.25, 0.3) is 5.56 Å². The highest BCUT2D eigenvalue weighted by atomic mass is 35.5. The molecule has 5 rings (SSSR count). The zero-order valence-electron chi connectivity index (χ0n) is 15.2. The lowest BCUT2D eigenvalue weighted by atomic mass is 9.82. The number of rotatable bonds is 2. The van der Waals surface area contributed by atoms with Crippen LogP contribution in [0, 0.1) is 0 Å². The molecule has 28 heavy (non-hydrogen) atoms. The number of aryl methyl sites for hydroxylation is 1. The Morgan fingerprint density at radius 3 is 2.32 bits per heavy atom. The standard InChI is InChI=1S/C25H18ClNO/c26-19-11-6-10-18(15-19)22-21-14-13-16-7-4-5-12-20(16)24(21)27-25(28)23(22)17-8-2-1-3-9-17/h1-12,15H,13-14H2,(H,27,28). The number of fused-ring (bicyclic) bond motifs is 3. The number of aromatic amines is 1. The highest BCUT2D eigenvalue weighted by molar-refractivity contribution is 6.30. The Morgan fingerprint density at radius 1 is 0.750 bits per heavy atom. The summed E-state index contributed by atoms with van der Waals surface area (Å²) >= 11 is 6.31. The fourth-order valence-corrected chi connectivity index (χ4v) is 4.40. The zero-order chi connectivity index (χ0) is 19.1. The van der Waals surface area contributed by atoms with E-state index in [1.54, 1.807) is 0 Å². The van der Waals surface area contributed by atoms with Gasteiger partial charge in [-0.1, -0.05) is 78.3 Å². The average Bonchev–Trinajstić information content (AvgIpc) is 2.73. The first kappa shape index (κ1) is 17.0. The molecule has 3 heteroatoms. The maximum absolute atomic E-state index is 13.3. The molecule has 0 spiro atoms. The van der Waals surface area contributed by atoms with Crippen molar-refractivity contribution in [3.63, 3.8) is 0 Å². The van der Waals surface area contributed by atoms with Crippen LogP contribution in [0.15, 0.2) is 83.7 Å². The Hall–Kier alpha value is -3.10. The topological polar surface area (TPSA) is 32.9 Å². The number of benzene rings is 3. The molecule has 136 valence electrons. The maximum Gasteiger partial charge on any atom is 0.256 e. The van der Waals surface area contributed by atoms with Crippen molar-refractivity contribution in [3.05, 3.63) is 105 Å². The highest BCUT2D eigenvalue weighted by Gasteiger charge is 2.25. The number of H-pyrrole nitrogens is 1. The zero-order valence-corrected chi connectivity index (χ0v) is 16.0. The quantitative estimate of drug-likeness (QED) is 0.444. The second-order valence-corrected chi connectivity index (χ2v) is 7.53.